The maximum absolute atomic E-state index is 12.3. The highest BCUT2D eigenvalue weighted by atomic mass is 16.5. The summed E-state index contributed by atoms with van der Waals surface area (Å²) in [5, 5.41) is 15.8. The Balaban J connectivity index is 1.48. The summed E-state index contributed by atoms with van der Waals surface area (Å²) in [5.74, 6) is 1.07. The molecule has 2 aromatic carbocycles. The number of fused-ring (bicyclic) bond motifs is 1. The van der Waals surface area contributed by atoms with E-state index < -0.39 is 0 Å². The highest BCUT2D eigenvalue weighted by Gasteiger charge is 2.28. The van der Waals surface area contributed by atoms with Crippen molar-refractivity contribution in [2.75, 3.05) is 13.1 Å². The Hall–Kier alpha value is -4.27. The van der Waals surface area contributed by atoms with Crippen LogP contribution in [-0.2, 0) is 9.59 Å². The number of aromatic hydroxyl groups is 1. The molecule has 1 atom stereocenters. The number of likely N-dealkylation sites (tertiary alicyclic amines) is 1. The van der Waals surface area contributed by atoms with E-state index in [1.54, 1.807) is 9.58 Å². The summed E-state index contributed by atoms with van der Waals surface area (Å²) in [6, 6.07) is 16.8. The van der Waals surface area contributed by atoms with Crippen LogP contribution in [0.1, 0.15) is 25.3 Å². The van der Waals surface area contributed by atoms with Gasteiger partial charge in [0, 0.05) is 18.7 Å². The lowest BCUT2D eigenvalue weighted by Crippen LogP contribution is -2.41. The SMILES string of the molecule is O=CCC(=O)N1CCC[C@@H](n2nc(-c3ccc(Oc4ccccc4)cc3)c3c(O)ncnc32)C1. The number of para-hydroxylation sites is 1. The molecule has 9 heteroatoms. The third-order valence-electron chi connectivity index (χ3n) is 5.93. The van der Waals surface area contributed by atoms with E-state index >= 15 is 0 Å². The number of carbonyl (C=O) groups is 2. The first-order valence-corrected chi connectivity index (χ1v) is 11.1. The van der Waals surface area contributed by atoms with Crippen molar-refractivity contribution >= 4 is 23.2 Å². The average Bonchev–Trinajstić information content (AvgIpc) is 3.26. The number of nitrogens with zero attached hydrogens (tertiary/aromatic N) is 5. The minimum absolute atomic E-state index is 0.127. The van der Waals surface area contributed by atoms with E-state index in [1.807, 2.05) is 54.6 Å². The molecular weight excluding hydrogens is 434 g/mol. The topological polar surface area (TPSA) is 110 Å². The zero-order valence-corrected chi connectivity index (χ0v) is 18.4. The molecule has 0 radical (unpaired) electrons. The Morgan fingerprint density at radius 1 is 1.09 bits per heavy atom. The lowest BCUT2D eigenvalue weighted by atomic mass is 10.1. The Kier molecular flexibility index (Phi) is 5.90. The van der Waals surface area contributed by atoms with Crippen LogP contribution in [0.2, 0.25) is 0 Å². The quantitative estimate of drug-likeness (QED) is 0.347. The number of aromatic nitrogens is 4. The molecule has 1 saturated heterocycles. The Morgan fingerprint density at radius 2 is 1.85 bits per heavy atom. The largest absolute Gasteiger partial charge is 0.493 e. The molecule has 0 aliphatic carbocycles. The van der Waals surface area contributed by atoms with Crippen LogP contribution in [0.5, 0.6) is 17.4 Å². The Bertz CT molecular complexity index is 1320. The van der Waals surface area contributed by atoms with Gasteiger partial charge in [-0.3, -0.25) is 4.79 Å². The van der Waals surface area contributed by atoms with E-state index in [9.17, 15) is 14.7 Å². The second-order valence-electron chi connectivity index (χ2n) is 8.14. The van der Waals surface area contributed by atoms with Crippen LogP contribution in [0, 0.1) is 0 Å². The normalized spacial score (nSPS) is 15.9. The third-order valence-corrected chi connectivity index (χ3v) is 5.93. The van der Waals surface area contributed by atoms with Gasteiger partial charge in [0.2, 0.25) is 11.8 Å². The summed E-state index contributed by atoms with van der Waals surface area (Å²) in [4.78, 5) is 33.1. The molecule has 1 N–H and O–H groups in total. The number of piperidine rings is 1. The molecular formula is C25H23N5O4. The van der Waals surface area contributed by atoms with E-state index in [4.69, 9.17) is 9.84 Å². The Labute approximate surface area is 195 Å². The predicted molar refractivity (Wildman–Crippen MR) is 124 cm³/mol. The van der Waals surface area contributed by atoms with Gasteiger partial charge >= 0.3 is 0 Å². The molecule has 1 fully saturated rings. The minimum atomic E-state index is -0.192. The number of amides is 1. The van der Waals surface area contributed by atoms with Crippen LogP contribution in [0.3, 0.4) is 0 Å². The van der Waals surface area contributed by atoms with Gasteiger partial charge in [-0.25, -0.2) is 14.6 Å². The molecule has 0 unspecified atom stereocenters. The summed E-state index contributed by atoms with van der Waals surface area (Å²) in [7, 11) is 0. The first-order valence-electron chi connectivity index (χ1n) is 11.1. The second kappa shape index (κ2) is 9.30. The molecule has 2 aromatic heterocycles. The average molecular weight is 457 g/mol. The smallest absolute Gasteiger partial charge is 0.229 e. The lowest BCUT2D eigenvalue weighted by molar-refractivity contribution is -0.134. The molecule has 172 valence electrons. The summed E-state index contributed by atoms with van der Waals surface area (Å²) in [6.45, 7) is 1.04. The lowest BCUT2D eigenvalue weighted by Gasteiger charge is -2.32. The molecule has 9 nitrogen and oxygen atoms in total. The van der Waals surface area contributed by atoms with Gasteiger partial charge in [-0.15, -0.1) is 0 Å². The third kappa shape index (κ3) is 4.19. The maximum atomic E-state index is 12.3. The zero-order chi connectivity index (χ0) is 23.5. The number of aldehydes is 1. The van der Waals surface area contributed by atoms with Crippen LogP contribution in [0.4, 0.5) is 0 Å². The van der Waals surface area contributed by atoms with Gasteiger partial charge in [0.25, 0.3) is 0 Å². The highest BCUT2D eigenvalue weighted by Crippen LogP contribution is 2.36. The molecule has 0 bridgehead atoms. The molecule has 5 rings (SSSR count). The van der Waals surface area contributed by atoms with Gasteiger partial charge in [0.1, 0.15) is 35.2 Å². The number of rotatable bonds is 6. The summed E-state index contributed by atoms with van der Waals surface area (Å²) in [5.41, 5.74) is 1.83. The van der Waals surface area contributed by atoms with Crippen molar-refractivity contribution in [2.45, 2.75) is 25.3 Å². The molecule has 1 aliphatic heterocycles. The maximum Gasteiger partial charge on any atom is 0.229 e. The first-order chi connectivity index (χ1) is 16.6. The Morgan fingerprint density at radius 3 is 2.62 bits per heavy atom. The number of carbonyl (C=O) groups excluding carboxylic acids is 2. The number of hydrogen-bond donors (Lipinski definition) is 1. The van der Waals surface area contributed by atoms with Crippen LogP contribution < -0.4 is 4.74 Å². The summed E-state index contributed by atoms with van der Waals surface area (Å²) in [6.07, 6.45) is 3.39. The van der Waals surface area contributed by atoms with Gasteiger partial charge in [-0.1, -0.05) is 18.2 Å². The molecule has 0 spiro atoms. The van der Waals surface area contributed by atoms with Gasteiger partial charge in [-0.05, 0) is 49.2 Å². The van der Waals surface area contributed by atoms with Gasteiger partial charge < -0.3 is 19.5 Å². The van der Waals surface area contributed by atoms with Crippen LogP contribution >= 0.6 is 0 Å². The molecule has 1 aliphatic rings. The van der Waals surface area contributed by atoms with E-state index in [0.717, 1.165) is 24.2 Å². The van der Waals surface area contributed by atoms with Crippen molar-refractivity contribution in [3.8, 4) is 28.6 Å². The fourth-order valence-electron chi connectivity index (χ4n) is 4.30. The van der Waals surface area contributed by atoms with Crippen LogP contribution in [-0.4, -0.2) is 55.0 Å². The van der Waals surface area contributed by atoms with E-state index in [-0.39, 0.29) is 24.2 Å². The van der Waals surface area contributed by atoms with E-state index in [2.05, 4.69) is 9.97 Å². The molecule has 34 heavy (non-hydrogen) atoms. The summed E-state index contributed by atoms with van der Waals surface area (Å²) < 4.78 is 7.64. The first kappa shape index (κ1) is 21.6. The molecule has 3 heterocycles. The van der Waals surface area contributed by atoms with Crippen LogP contribution in [0.25, 0.3) is 22.3 Å². The predicted octanol–water partition coefficient (Wildman–Crippen LogP) is 3.74. The molecule has 1 amide bonds. The van der Waals surface area contributed by atoms with E-state index in [0.29, 0.717) is 41.9 Å². The van der Waals surface area contributed by atoms with Crippen molar-refractivity contribution in [1.29, 1.82) is 0 Å². The molecule has 0 saturated carbocycles. The van der Waals surface area contributed by atoms with Crippen molar-refractivity contribution in [3.05, 3.63) is 60.9 Å². The van der Waals surface area contributed by atoms with Crippen LogP contribution in [0.15, 0.2) is 60.9 Å². The summed E-state index contributed by atoms with van der Waals surface area (Å²) >= 11 is 0. The minimum Gasteiger partial charge on any atom is -0.493 e. The second-order valence-corrected chi connectivity index (χ2v) is 8.14. The van der Waals surface area contributed by atoms with Crippen molar-refractivity contribution < 1.29 is 19.4 Å². The zero-order valence-electron chi connectivity index (χ0n) is 18.4. The van der Waals surface area contributed by atoms with Crippen molar-refractivity contribution in [2.24, 2.45) is 0 Å². The fraction of sp³-hybridized carbons (Fsp3) is 0.240. The van der Waals surface area contributed by atoms with Crippen molar-refractivity contribution in [1.82, 2.24) is 24.6 Å². The van der Waals surface area contributed by atoms with Gasteiger partial charge in [0.05, 0.1) is 12.5 Å². The molecule has 4 aromatic rings. The van der Waals surface area contributed by atoms with Gasteiger partial charge in [-0.2, -0.15) is 5.10 Å². The van der Waals surface area contributed by atoms with Gasteiger partial charge in [0.15, 0.2) is 5.65 Å². The van der Waals surface area contributed by atoms with Crippen molar-refractivity contribution in [3.63, 3.8) is 0 Å². The number of benzene rings is 2. The number of ether oxygens (including phenoxy) is 1. The van der Waals surface area contributed by atoms with E-state index in [1.165, 1.54) is 6.33 Å². The number of hydrogen-bond acceptors (Lipinski definition) is 7. The standard InChI is InChI=1S/C25H23N5O4/c31-14-12-21(32)29-13-4-5-18(15-29)30-24-22(25(33)27-16-26-24)23(28-30)17-8-10-20(11-9-17)34-19-6-2-1-3-7-19/h1-3,6-11,14,16,18H,4-5,12-13,15H2,(H,26,27,33)/t18-/m1/s1. The monoisotopic (exact) mass is 457 g/mol. The highest BCUT2D eigenvalue weighted by molar-refractivity contribution is 5.95. The fourth-order valence-corrected chi connectivity index (χ4v) is 4.30.